The Hall–Kier alpha value is -3.15. The van der Waals surface area contributed by atoms with Crippen LogP contribution in [0.25, 0.3) is 0 Å². The number of ether oxygens (including phenoxy) is 1. The third-order valence-corrected chi connectivity index (χ3v) is 5.34. The van der Waals surface area contributed by atoms with Crippen LogP contribution in [0.3, 0.4) is 0 Å². The summed E-state index contributed by atoms with van der Waals surface area (Å²) in [6.45, 7) is 5.55. The molecule has 2 aromatic carbocycles. The van der Waals surface area contributed by atoms with Crippen LogP contribution in [0.5, 0.6) is 5.75 Å². The smallest absolute Gasteiger partial charge is 0.261 e. The Balaban J connectivity index is 1.84. The number of hydrogen-bond acceptors (Lipinski definition) is 4. The van der Waals surface area contributed by atoms with Gasteiger partial charge in [0.25, 0.3) is 11.8 Å². The molecule has 1 aliphatic rings. The molecule has 1 aliphatic heterocycles. The standard InChI is InChI=1S/C23H26N2O4/c1-4-23(2,3)25(21(27)16-29-18-13-9-6-10-14-18)19-15-20(26)24(22(19)28)17-11-7-5-8-12-17/h5-14,19H,4,15-16H2,1-3H3. The number of anilines is 1. The highest BCUT2D eigenvalue weighted by molar-refractivity contribution is 6.23. The van der Waals surface area contributed by atoms with Crippen molar-refractivity contribution in [1.29, 1.82) is 0 Å². The van der Waals surface area contributed by atoms with E-state index in [4.69, 9.17) is 4.74 Å². The number of hydrogen-bond donors (Lipinski definition) is 0. The minimum Gasteiger partial charge on any atom is -0.484 e. The van der Waals surface area contributed by atoms with Gasteiger partial charge in [0.1, 0.15) is 11.8 Å². The predicted molar refractivity (Wildman–Crippen MR) is 110 cm³/mol. The summed E-state index contributed by atoms with van der Waals surface area (Å²) in [5.41, 5.74) is -0.0861. The van der Waals surface area contributed by atoms with E-state index in [0.29, 0.717) is 17.9 Å². The van der Waals surface area contributed by atoms with Gasteiger partial charge in [-0.1, -0.05) is 43.3 Å². The minimum absolute atomic E-state index is 0.0335. The highest BCUT2D eigenvalue weighted by atomic mass is 16.5. The van der Waals surface area contributed by atoms with Gasteiger partial charge in [0.05, 0.1) is 12.1 Å². The first-order chi connectivity index (χ1) is 13.8. The second-order valence-corrected chi connectivity index (χ2v) is 7.65. The number of carbonyl (C=O) groups is 3. The average molecular weight is 394 g/mol. The molecule has 6 nitrogen and oxygen atoms in total. The molecular formula is C23H26N2O4. The lowest BCUT2D eigenvalue weighted by molar-refractivity contribution is -0.146. The molecule has 3 rings (SSSR count). The van der Waals surface area contributed by atoms with Gasteiger partial charge in [0.15, 0.2) is 6.61 Å². The molecule has 6 heteroatoms. The Morgan fingerprint density at radius 1 is 1.07 bits per heavy atom. The number of imide groups is 1. The topological polar surface area (TPSA) is 66.9 Å². The quantitative estimate of drug-likeness (QED) is 0.675. The number of nitrogens with zero attached hydrogens (tertiary/aromatic N) is 2. The van der Waals surface area contributed by atoms with Gasteiger partial charge >= 0.3 is 0 Å². The van der Waals surface area contributed by atoms with E-state index in [2.05, 4.69) is 0 Å². The predicted octanol–water partition coefficient (Wildman–Crippen LogP) is 3.41. The molecule has 1 atom stereocenters. The normalized spacial score (nSPS) is 16.8. The van der Waals surface area contributed by atoms with Crippen LogP contribution in [0.15, 0.2) is 60.7 Å². The molecule has 3 amide bonds. The van der Waals surface area contributed by atoms with Crippen molar-refractivity contribution in [2.75, 3.05) is 11.5 Å². The summed E-state index contributed by atoms with van der Waals surface area (Å²) in [6, 6.07) is 17.0. The highest BCUT2D eigenvalue weighted by Crippen LogP contribution is 2.31. The maximum absolute atomic E-state index is 13.2. The van der Waals surface area contributed by atoms with E-state index in [1.807, 2.05) is 45.0 Å². The Bertz CT molecular complexity index is 880. The zero-order valence-electron chi connectivity index (χ0n) is 17.0. The summed E-state index contributed by atoms with van der Waals surface area (Å²) in [5, 5.41) is 0. The number of rotatable bonds is 7. The zero-order chi connectivity index (χ0) is 21.0. The zero-order valence-corrected chi connectivity index (χ0v) is 17.0. The molecule has 0 aliphatic carbocycles. The summed E-state index contributed by atoms with van der Waals surface area (Å²) < 4.78 is 5.62. The van der Waals surface area contributed by atoms with Crippen molar-refractivity contribution in [3.05, 3.63) is 60.7 Å². The molecule has 2 aromatic rings. The van der Waals surface area contributed by atoms with Crippen LogP contribution in [0, 0.1) is 0 Å². The van der Waals surface area contributed by atoms with E-state index in [0.717, 1.165) is 0 Å². The van der Waals surface area contributed by atoms with Crippen LogP contribution in [-0.2, 0) is 14.4 Å². The van der Waals surface area contributed by atoms with Crippen molar-refractivity contribution in [2.45, 2.75) is 45.2 Å². The second kappa shape index (κ2) is 8.47. The summed E-state index contributed by atoms with van der Waals surface area (Å²) >= 11 is 0. The Morgan fingerprint density at radius 2 is 1.66 bits per heavy atom. The number of carbonyl (C=O) groups excluding carboxylic acids is 3. The molecule has 1 heterocycles. The molecule has 0 bridgehead atoms. The van der Waals surface area contributed by atoms with Crippen LogP contribution in [-0.4, -0.2) is 40.8 Å². The SMILES string of the molecule is CCC(C)(C)N(C(=O)COc1ccccc1)C1CC(=O)N(c2ccccc2)C1=O. The fourth-order valence-corrected chi connectivity index (χ4v) is 3.50. The summed E-state index contributed by atoms with van der Waals surface area (Å²) in [6.07, 6.45) is 0.599. The van der Waals surface area contributed by atoms with Crippen LogP contribution >= 0.6 is 0 Å². The first-order valence-electron chi connectivity index (χ1n) is 9.77. The number of para-hydroxylation sites is 2. The van der Waals surface area contributed by atoms with Gasteiger partial charge in [-0.05, 0) is 44.5 Å². The minimum atomic E-state index is -0.843. The third-order valence-electron chi connectivity index (χ3n) is 5.34. The van der Waals surface area contributed by atoms with E-state index in [1.54, 1.807) is 36.4 Å². The van der Waals surface area contributed by atoms with Gasteiger partial charge in [-0.25, -0.2) is 4.90 Å². The lowest BCUT2D eigenvalue weighted by Crippen LogP contribution is -2.56. The van der Waals surface area contributed by atoms with Gasteiger partial charge in [-0.2, -0.15) is 0 Å². The fraction of sp³-hybridized carbons (Fsp3) is 0.348. The van der Waals surface area contributed by atoms with E-state index < -0.39 is 11.6 Å². The van der Waals surface area contributed by atoms with E-state index in [1.165, 1.54) is 9.80 Å². The molecule has 0 spiro atoms. The lowest BCUT2D eigenvalue weighted by atomic mass is 9.96. The first-order valence-corrected chi connectivity index (χ1v) is 9.77. The molecular weight excluding hydrogens is 368 g/mol. The molecule has 0 radical (unpaired) electrons. The summed E-state index contributed by atoms with van der Waals surface area (Å²) in [7, 11) is 0. The van der Waals surface area contributed by atoms with Crippen molar-refractivity contribution in [3.63, 3.8) is 0 Å². The maximum Gasteiger partial charge on any atom is 0.261 e. The number of benzene rings is 2. The van der Waals surface area contributed by atoms with Crippen molar-refractivity contribution in [1.82, 2.24) is 4.90 Å². The maximum atomic E-state index is 13.2. The summed E-state index contributed by atoms with van der Waals surface area (Å²) in [5.74, 6) is -0.424. The third kappa shape index (κ3) is 4.31. The van der Waals surface area contributed by atoms with Crippen LogP contribution < -0.4 is 9.64 Å². The van der Waals surface area contributed by atoms with E-state index >= 15 is 0 Å². The first kappa shape index (κ1) is 20.6. The lowest BCUT2D eigenvalue weighted by Gasteiger charge is -2.41. The van der Waals surface area contributed by atoms with Gasteiger partial charge < -0.3 is 9.64 Å². The molecule has 0 saturated carbocycles. The average Bonchev–Trinajstić information content (AvgIpc) is 3.01. The van der Waals surface area contributed by atoms with Crippen LogP contribution in [0.4, 0.5) is 5.69 Å². The fourth-order valence-electron chi connectivity index (χ4n) is 3.50. The molecule has 0 aromatic heterocycles. The summed E-state index contributed by atoms with van der Waals surface area (Å²) in [4.78, 5) is 41.6. The molecule has 1 saturated heterocycles. The van der Waals surface area contributed by atoms with E-state index in [9.17, 15) is 14.4 Å². The van der Waals surface area contributed by atoms with Gasteiger partial charge in [0.2, 0.25) is 5.91 Å². The van der Waals surface area contributed by atoms with E-state index in [-0.39, 0.29) is 30.7 Å². The molecule has 1 fully saturated rings. The van der Waals surface area contributed by atoms with Gasteiger partial charge in [-0.3, -0.25) is 14.4 Å². The van der Waals surface area contributed by atoms with Crippen molar-refractivity contribution < 1.29 is 19.1 Å². The molecule has 1 unspecified atom stereocenters. The molecule has 0 N–H and O–H groups in total. The van der Waals surface area contributed by atoms with Crippen LogP contribution in [0.1, 0.15) is 33.6 Å². The van der Waals surface area contributed by atoms with Crippen LogP contribution in [0.2, 0.25) is 0 Å². The second-order valence-electron chi connectivity index (χ2n) is 7.65. The highest BCUT2D eigenvalue weighted by Gasteiger charge is 2.48. The number of amides is 3. The largest absolute Gasteiger partial charge is 0.484 e. The Labute approximate surface area is 171 Å². The van der Waals surface area contributed by atoms with Gasteiger partial charge in [0, 0.05) is 5.54 Å². The monoisotopic (exact) mass is 394 g/mol. The van der Waals surface area contributed by atoms with Crippen molar-refractivity contribution in [2.24, 2.45) is 0 Å². The van der Waals surface area contributed by atoms with Crippen molar-refractivity contribution >= 4 is 23.4 Å². The Morgan fingerprint density at radius 3 is 2.24 bits per heavy atom. The molecule has 152 valence electrons. The Kier molecular flexibility index (Phi) is 6.01. The van der Waals surface area contributed by atoms with Gasteiger partial charge in [-0.15, -0.1) is 0 Å². The molecule has 29 heavy (non-hydrogen) atoms. The van der Waals surface area contributed by atoms with Crippen molar-refractivity contribution in [3.8, 4) is 5.75 Å².